The lowest BCUT2D eigenvalue weighted by atomic mass is 9.99. The highest BCUT2D eigenvalue weighted by Crippen LogP contribution is 2.15. The average molecular weight is 301 g/mol. The third kappa shape index (κ3) is 4.55. The molecule has 1 unspecified atom stereocenters. The molecule has 2 rings (SSSR count). The number of hydrogen-bond acceptors (Lipinski definition) is 4. The summed E-state index contributed by atoms with van der Waals surface area (Å²) in [6.07, 6.45) is 1.73. The monoisotopic (exact) mass is 301 g/mol. The molecule has 1 aliphatic rings. The number of aliphatic hydroxyl groups is 1. The molecule has 1 amide bonds. The largest absolute Gasteiger partial charge is 0.390 e. The molecule has 0 radical (unpaired) electrons. The van der Waals surface area contributed by atoms with E-state index in [9.17, 15) is 9.90 Å². The molecule has 0 bridgehead atoms. The van der Waals surface area contributed by atoms with E-state index in [4.69, 9.17) is 5.26 Å². The Morgan fingerprint density at radius 1 is 1.45 bits per heavy atom. The molecule has 118 valence electrons. The number of hydrogen-bond donors (Lipinski definition) is 2. The lowest BCUT2D eigenvalue weighted by molar-refractivity contribution is 0.0795. The molecule has 1 fully saturated rings. The van der Waals surface area contributed by atoms with Crippen LogP contribution in [0, 0.1) is 17.2 Å². The Hall–Kier alpha value is -1.90. The first kappa shape index (κ1) is 16.5. The van der Waals surface area contributed by atoms with E-state index >= 15 is 0 Å². The van der Waals surface area contributed by atoms with Crippen molar-refractivity contribution in [3.8, 4) is 6.07 Å². The van der Waals surface area contributed by atoms with Crippen molar-refractivity contribution in [1.29, 1.82) is 5.26 Å². The van der Waals surface area contributed by atoms with Crippen LogP contribution in [0.3, 0.4) is 0 Å². The summed E-state index contributed by atoms with van der Waals surface area (Å²) in [5, 5.41) is 21.8. The van der Waals surface area contributed by atoms with Crippen LogP contribution in [0.4, 0.5) is 0 Å². The standard InChI is InChI=1S/C17H23N3O2/c1-13-6-8-20(9-7-13)12-15(21)11-19-17(22)16-5-3-2-4-14(16)10-18/h2-5,13,15,21H,6-9,11-12H2,1H3,(H,19,22). The molecule has 5 heteroatoms. The first-order chi connectivity index (χ1) is 10.6. The van der Waals surface area contributed by atoms with Gasteiger partial charge in [0.1, 0.15) is 0 Å². The molecule has 5 nitrogen and oxygen atoms in total. The zero-order chi connectivity index (χ0) is 15.9. The number of nitrogens with zero attached hydrogens (tertiary/aromatic N) is 2. The SMILES string of the molecule is CC1CCN(CC(O)CNC(=O)c2ccccc2C#N)CC1. The van der Waals surface area contributed by atoms with Gasteiger partial charge in [-0.2, -0.15) is 5.26 Å². The first-order valence-electron chi connectivity index (χ1n) is 7.78. The fourth-order valence-corrected chi connectivity index (χ4v) is 2.69. The van der Waals surface area contributed by atoms with E-state index in [0.717, 1.165) is 31.8 Å². The molecular weight excluding hydrogens is 278 g/mol. The summed E-state index contributed by atoms with van der Waals surface area (Å²) in [7, 11) is 0. The number of likely N-dealkylation sites (tertiary alicyclic amines) is 1. The van der Waals surface area contributed by atoms with Crippen LogP contribution in [-0.4, -0.2) is 48.2 Å². The van der Waals surface area contributed by atoms with Crippen LogP contribution in [0.2, 0.25) is 0 Å². The molecule has 0 saturated carbocycles. The molecular formula is C17H23N3O2. The minimum atomic E-state index is -0.591. The number of carbonyl (C=O) groups is 1. The number of amides is 1. The fourth-order valence-electron chi connectivity index (χ4n) is 2.69. The Morgan fingerprint density at radius 2 is 2.14 bits per heavy atom. The van der Waals surface area contributed by atoms with E-state index in [2.05, 4.69) is 17.1 Å². The Kier molecular flexibility index (Phi) is 5.93. The number of nitrogens with one attached hydrogen (secondary N) is 1. The molecule has 1 heterocycles. The van der Waals surface area contributed by atoms with Crippen molar-refractivity contribution in [2.24, 2.45) is 5.92 Å². The van der Waals surface area contributed by atoms with Gasteiger partial charge in [-0.05, 0) is 44.0 Å². The molecule has 1 saturated heterocycles. The van der Waals surface area contributed by atoms with E-state index < -0.39 is 6.10 Å². The molecule has 1 aliphatic heterocycles. The maximum atomic E-state index is 12.1. The number of nitriles is 1. The second-order valence-corrected chi connectivity index (χ2v) is 6.00. The van der Waals surface area contributed by atoms with Gasteiger partial charge in [-0.25, -0.2) is 0 Å². The first-order valence-corrected chi connectivity index (χ1v) is 7.78. The third-order valence-corrected chi connectivity index (χ3v) is 4.14. The summed E-state index contributed by atoms with van der Waals surface area (Å²) >= 11 is 0. The maximum absolute atomic E-state index is 12.1. The number of piperidine rings is 1. The summed E-state index contributed by atoms with van der Waals surface area (Å²) in [5.74, 6) is 0.444. The van der Waals surface area contributed by atoms with Crippen molar-refractivity contribution in [2.75, 3.05) is 26.2 Å². The second-order valence-electron chi connectivity index (χ2n) is 6.00. The van der Waals surface area contributed by atoms with Crippen LogP contribution < -0.4 is 5.32 Å². The smallest absolute Gasteiger partial charge is 0.252 e. The van der Waals surface area contributed by atoms with E-state index in [1.54, 1.807) is 24.3 Å². The zero-order valence-corrected chi connectivity index (χ0v) is 13.0. The van der Waals surface area contributed by atoms with E-state index in [1.807, 2.05) is 6.07 Å². The molecule has 1 aromatic rings. The van der Waals surface area contributed by atoms with Crippen molar-refractivity contribution >= 4 is 5.91 Å². The molecule has 1 aromatic carbocycles. The molecule has 0 spiro atoms. The minimum Gasteiger partial charge on any atom is -0.390 e. The lowest BCUT2D eigenvalue weighted by Gasteiger charge is -2.31. The van der Waals surface area contributed by atoms with Gasteiger partial charge >= 0.3 is 0 Å². The fraction of sp³-hybridized carbons (Fsp3) is 0.529. The number of benzene rings is 1. The highest BCUT2D eigenvalue weighted by Gasteiger charge is 2.19. The summed E-state index contributed by atoms with van der Waals surface area (Å²) in [5.41, 5.74) is 0.698. The quantitative estimate of drug-likeness (QED) is 0.861. The van der Waals surface area contributed by atoms with Crippen LogP contribution in [0.25, 0.3) is 0 Å². The van der Waals surface area contributed by atoms with Crippen LogP contribution >= 0.6 is 0 Å². The topological polar surface area (TPSA) is 76.4 Å². The summed E-state index contributed by atoms with van der Waals surface area (Å²) in [6, 6.07) is 8.68. The number of carbonyl (C=O) groups excluding carboxylic acids is 1. The van der Waals surface area contributed by atoms with Crippen molar-refractivity contribution in [2.45, 2.75) is 25.9 Å². The van der Waals surface area contributed by atoms with Gasteiger partial charge < -0.3 is 15.3 Å². The van der Waals surface area contributed by atoms with Gasteiger partial charge in [0.2, 0.25) is 0 Å². The molecule has 1 atom stereocenters. The van der Waals surface area contributed by atoms with Crippen molar-refractivity contribution in [3.05, 3.63) is 35.4 Å². The third-order valence-electron chi connectivity index (χ3n) is 4.14. The van der Waals surface area contributed by atoms with Gasteiger partial charge in [0, 0.05) is 13.1 Å². The number of aliphatic hydroxyl groups excluding tert-OH is 1. The van der Waals surface area contributed by atoms with Crippen LogP contribution in [0.5, 0.6) is 0 Å². The van der Waals surface area contributed by atoms with Crippen molar-refractivity contribution < 1.29 is 9.90 Å². The molecule has 0 aliphatic carbocycles. The zero-order valence-electron chi connectivity index (χ0n) is 13.0. The van der Waals surface area contributed by atoms with E-state index in [-0.39, 0.29) is 12.5 Å². The van der Waals surface area contributed by atoms with Gasteiger partial charge in [-0.15, -0.1) is 0 Å². The highest BCUT2D eigenvalue weighted by atomic mass is 16.3. The second kappa shape index (κ2) is 7.92. The minimum absolute atomic E-state index is 0.199. The Balaban J connectivity index is 1.79. The van der Waals surface area contributed by atoms with Crippen molar-refractivity contribution in [3.63, 3.8) is 0 Å². The molecule has 22 heavy (non-hydrogen) atoms. The van der Waals surface area contributed by atoms with Gasteiger partial charge in [0.15, 0.2) is 0 Å². The maximum Gasteiger partial charge on any atom is 0.252 e. The highest BCUT2D eigenvalue weighted by molar-refractivity contribution is 5.96. The Labute approximate surface area is 131 Å². The molecule has 0 aromatic heterocycles. The summed E-state index contributed by atoms with van der Waals surface area (Å²) in [4.78, 5) is 14.3. The van der Waals surface area contributed by atoms with Crippen LogP contribution in [-0.2, 0) is 0 Å². The number of rotatable bonds is 5. The lowest BCUT2D eigenvalue weighted by Crippen LogP contribution is -2.43. The van der Waals surface area contributed by atoms with Gasteiger partial charge in [-0.1, -0.05) is 19.1 Å². The average Bonchev–Trinajstić information content (AvgIpc) is 2.54. The van der Waals surface area contributed by atoms with Gasteiger partial charge in [0.05, 0.1) is 23.3 Å². The normalized spacial score (nSPS) is 17.7. The van der Waals surface area contributed by atoms with Gasteiger partial charge in [0.25, 0.3) is 5.91 Å². The number of β-amino-alcohol motifs (C(OH)–C–C–N with tert-alkyl or cyclic N) is 1. The Morgan fingerprint density at radius 3 is 2.82 bits per heavy atom. The van der Waals surface area contributed by atoms with Crippen molar-refractivity contribution in [1.82, 2.24) is 10.2 Å². The molecule has 2 N–H and O–H groups in total. The van der Waals surface area contributed by atoms with E-state index in [1.165, 1.54) is 0 Å². The predicted octanol–water partition coefficient (Wildman–Crippen LogP) is 1.38. The van der Waals surface area contributed by atoms with Crippen LogP contribution in [0.1, 0.15) is 35.7 Å². The summed E-state index contributed by atoms with van der Waals surface area (Å²) in [6.45, 7) is 5.03. The predicted molar refractivity (Wildman–Crippen MR) is 84.3 cm³/mol. The van der Waals surface area contributed by atoms with E-state index in [0.29, 0.717) is 17.7 Å². The van der Waals surface area contributed by atoms with Gasteiger partial charge in [-0.3, -0.25) is 4.79 Å². The Bertz CT molecular complexity index is 545. The summed E-state index contributed by atoms with van der Waals surface area (Å²) < 4.78 is 0. The van der Waals surface area contributed by atoms with Crippen LogP contribution in [0.15, 0.2) is 24.3 Å².